The molecule has 0 atom stereocenters. The van der Waals surface area contributed by atoms with E-state index in [4.69, 9.17) is 0 Å². The van der Waals surface area contributed by atoms with Gasteiger partial charge in [0.2, 0.25) is 0 Å². The van der Waals surface area contributed by atoms with Crippen molar-refractivity contribution in [3.8, 4) is 0 Å². The fourth-order valence-electron chi connectivity index (χ4n) is 2.18. The molecule has 2 aromatic rings. The number of hydrogen-bond donors (Lipinski definition) is 0. The molecule has 2 rings (SSSR count). The van der Waals surface area contributed by atoms with Crippen LogP contribution >= 0.6 is 0 Å². The van der Waals surface area contributed by atoms with Gasteiger partial charge in [-0.1, -0.05) is 24.3 Å². The van der Waals surface area contributed by atoms with Gasteiger partial charge in [0.05, 0.1) is 0 Å². The molecule has 0 spiro atoms. The lowest BCUT2D eigenvalue weighted by molar-refractivity contribution is 0.712. The van der Waals surface area contributed by atoms with E-state index in [0.717, 1.165) is 6.42 Å². The number of nitrogens with zero attached hydrogens (tertiary/aromatic N) is 1. The Morgan fingerprint density at radius 1 is 1.25 bits per heavy atom. The van der Waals surface area contributed by atoms with Crippen molar-refractivity contribution in [3.05, 3.63) is 48.7 Å². The molecular formula is C15H19N. The van der Waals surface area contributed by atoms with Crippen molar-refractivity contribution in [2.24, 2.45) is 7.05 Å². The van der Waals surface area contributed by atoms with Crippen LogP contribution in [0.1, 0.15) is 25.0 Å². The Balaban J connectivity index is 2.12. The van der Waals surface area contributed by atoms with Crippen molar-refractivity contribution in [1.82, 2.24) is 4.57 Å². The average Bonchev–Trinajstić information content (AvgIpc) is 2.63. The first-order chi connectivity index (χ1) is 7.83. The highest BCUT2D eigenvalue weighted by molar-refractivity contribution is 5.81. The van der Waals surface area contributed by atoms with Crippen LogP contribution in [0, 0.1) is 0 Å². The average molecular weight is 213 g/mol. The number of unbranched alkanes of at least 4 members (excludes halogenated alkanes) is 2. The Labute approximate surface area is 97.4 Å². The molecule has 1 aromatic carbocycles. The summed E-state index contributed by atoms with van der Waals surface area (Å²) in [5.41, 5.74) is 2.77. The largest absolute Gasteiger partial charge is 0.348 e. The van der Waals surface area contributed by atoms with Crippen molar-refractivity contribution in [1.29, 1.82) is 0 Å². The molecule has 0 saturated carbocycles. The zero-order valence-electron chi connectivity index (χ0n) is 9.95. The zero-order chi connectivity index (χ0) is 11.4. The number of aromatic nitrogens is 1. The van der Waals surface area contributed by atoms with Gasteiger partial charge in [-0.05, 0) is 43.2 Å². The molecule has 84 valence electrons. The fraction of sp³-hybridized carbons (Fsp3) is 0.333. The maximum Gasteiger partial charge on any atom is 0.0479 e. The lowest BCUT2D eigenvalue weighted by Crippen LogP contribution is -1.95. The van der Waals surface area contributed by atoms with Gasteiger partial charge in [0.15, 0.2) is 0 Å². The molecule has 0 aliphatic carbocycles. The molecule has 0 saturated heterocycles. The van der Waals surface area contributed by atoms with E-state index in [0.29, 0.717) is 0 Å². The van der Waals surface area contributed by atoms with Crippen LogP contribution in [-0.2, 0) is 13.5 Å². The topological polar surface area (TPSA) is 4.93 Å². The molecule has 1 nitrogen and oxygen atoms in total. The predicted molar refractivity (Wildman–Crippen MR) is 70.7 cm³/mol. The van der Waals surface area contributed by atoms with Gasteiger partial charge in [-0.15, -0.1) is 6.58 Å². The van der Waals surface area contributed by atoms with E-state index in [9.17, 15) is 0 Å². The van der Waals surface area contributed by atoms with Crippen LogP contribution in [0.15, 0.2) is 43.0 Å². The summed E-state index contributed by atoms with van der Waals surface area (Å²) in [5, 5.41) is 1.35. The standard InChI is InChI=1S/C15H19N/c1-3-4-5-6-10-14-12-13-9-7-8-11-15(13)16(14)2/h3,7-9,11-12H,1,4-6,10H2,2H3. The normalized spacial score (nSPS) is 10.8. The van der Waals surface area contributed by atoms with Crippen molar-refractivity contribution in [2.45, 2.75) is 25.7 Å². The summed E-state index contributed by atoms with van der Waals surface area (Å²) in [4.78, 5) is 0. The van der Waals surface area contributed by atoms with Crippen LogP contribution < -0.4 is 0 Å². The number of fused-ring (bicyclic) bond motifs is 1. The Hall–Kier alpha value is -1.50. The third-order valence-corrected chi connectivity index (χ3v) is 3.14. The van der Waals surface area contributed by atoms with E-state index in [1.807, 2.05) is 6.08 Å². The van der Waals surface area contributed by atoms with Crippen LogP contribution in [0.2, 0.25) is 0 Å². The summed E-state index contributed by atoms with van der Waals surface area (Å²) in [7, 11) is 2.16. The molecule has 16 heavy (non-hydrogen) atoms. The van der Waals surface area contributed by atoms with Crippen molar-refractivity contribution < 1.29 is 0 Å². The molecule has 0 bridgehead atoms. The first-order valence-electron chi connectivity index (χ1n) is 5.97. The maximum atomic E-state index is 3.75. The van der Waals surface area contributed by atoms with Crippen LogP contribution in [-0.4, -0.2) is 4.57 Å². The minimum absolute atomic E-state index is 1.13. The summed E-state index contributed by atoms with van der Waals surface area (Å²) >= 11 is 0. The van der Waals surface area contributed by atoms with E-state index >= 15 is 0 Å². The number of allylic oxidation sites excluding steroid dienone is 1. The van der Waals surface area contributed by atoms with Crippen LogP contribution in [0.3, 0.4) is 0 Å². The van der Waals surface area contributed by atoms with Gasteiger partial charge in [0.1, 0.15) is 0 Å². The Morgan fingerprint density at radius 3 is 2.81 bits per heavy atom. The van der Waals surface area contributed by atoms with Crippen LogP contribution in [0.5, 0.6) is 0 Å². The molecule has 0 aliphatic rings. The zero-order valence-corrected chi connectivity index (χ0v) is 9.95. The quantitative estimate of drug-likeness (QED) is 0.521. The molecule has 1 heterocycles. The summed E-state index contributed by atoms with van der Waals surface area (Å²) in [5.74, 6) is 0. The summed E-state index contributed by atoms with van der Waals surface area (Å²) < 4.78 is 2.31. The van der Waals surface area contributed by atoms with E-state index < -0.39 is 0 Å². The van der Waals surface area contributed by atoms with E-state index in [-0.39, 0.29) is 0 Å². The minimum atomic E-state index is 1.13. The summed E-state index contributed by atoms with van der Waals surface area (Å²) in [6.07, 6.45) is 6.78. The maximum absolute atomic E-state index is 3.75. The van der Waals surface area contributed by atoms with Gasteiger partial charge in [-0.3, -0.25) is 0 Å². The summed E-state index contributed by atoms with van der Waals surface area (Å²) in [6.45, 7) is 3.75. The molecule has 0 N–H and O–H groups in total. The van der Waals surface area contributed by atoms with Crippen LogP contribution in [0.25, 0.3) is 10.9 Å². The lowest BCUT2D eigenvalue weighted by atomic mass is 10.1. The Morgan fingerprint density at radius 2 is 2.06 bits per heavy atom. The number of aryl methyl sites for hydroxylation is 2. The Kier molecular flexibility index (Phi) is 3.45. The second-order valence-electron chi connectivity index (χ2n) is 4.29. The SMILES string of the molecule is C=CCCCCc1cc2ccccc2n1C. The number of rotatable bonds is 5. The predicted octanol–water partition coefficient (Wildman–Crippen LogP) is 4.08. The molecule has 0 amide bonds. The first kappa shape index (κ1) is 11.0. The highest BCUT2D eigenvalue weighted by Gasteiger charge is 2.03. The van der Waals surface area contributed by atoms with Gasteiger partial charge in [-0.2, -0.15) is 0 Å². The molecular weight excluding hydrogens is 194 g/mol. The van der Waals surface area contributed by atoms with E-state index in [1.54, 1.807) is 0 Å². The number of hydrogen-bond acceptors (Lipinski definition) is 0. The van der Waals surface area contributed by atoms with Crippen molar-refractivity contribution in [2.75, 3.05) is 0 Å². The summed E-state index contributed by atoms with van der Waals surface area (Å²) in [6, 6.07) is 10.9. The smallest absolute Gasteiger partial charge is 0.0479 e. The number of para-hydroxylation sites is 1. The third-order valence-electron chi connectivity index (χ3n) is 3.14. The lowest BCUT2D eigenvalue weighted by Gasteiger charge is -2.03. The van der Waals surface area contributed by atoms with Crippen molar-refractivity contribution in [3.63, 3.8) is 0 Å². The third kappa shape index (κ3) is 2.19. The van der Waals surface area contributed by atoms with E-state index in [1.165, 1.54) is 35.9 Å². The van der Waals surface area contributed by atoms with Gasteiger partial charge < -0.3 is 4.57 Å². The van der Waals surface area contributed by atoms with Gasteiger partial charge >= 0.3 is 0 Å². The molecule has 0 radical (unpaired) electrons. The molecule has 0 unspecified atom stereocenters. The second-order valence-corrected chi connectivity index (χ2v) is 4.29. The van der Waals surface area contributed by atoms with E-state index in [2.05, 4.69) is 48.5 Å². The van der Waals surface area contributed by atoms with Gasteiger partial charge in [0.25, 0.3) is 0 Å². The highest BCUT2D eigenvalue weighted by Crippen LogP contribution is 2.19. The molecule has 1 heteroatoms. The van der Waals surface area contributed by atoms with Gasteiger partial charge in [0, 0.05) is 18.3 Å². The van der Waals surface area contributed by atoms with Gasteiger partial charge in [-0.25, -0.2) is 0 Å². The second kappa shape index (κ2) is 5.02. The minimum Gasteiger partial charge on any atom is -0.348 e. The molecule has 0 fully saturated rings. The number of benzene rings is 1. The monoisotopic (exact) mass is 213 g/mol. The molecule has 1 aromatic heterocycles. The first-order valence-corrected chi connectivity index (χ1v) is 5.97. The van der Waals surface area contributed by atoms with Crippen LogP contribution in [0.4, 0.5) is 0 Å². The molecule has 0 aliphatic heterocycles. The fourth-order valence-corrected chi connectivity index (χ4v) is 2.18. The highest BCUT2D eigenvalue weighted by atomic mass is 14.9. The Bertz CT molecular complexity index is 479. The van der Waals surface area contributed by atoms with Crippen molar-refractivity contribution >= 4 is 10.9 Å².